The van der Waals surface area contributed by atoms with E-state index >= 15 is 0 Å². The van der Waals surface area contributed by atoms with E-state index in [4.69, 9.17) is 0 Å². The molecule has 0 saturated carbocycles. The van der Waals surface area contributed by atoms with Crippen molar-refractivity contribution in [3.05, 3.63) is 77.7 Å². The van der Waals surface area contributed by atoms with Crippen LogP contribution in [0.1, 0.15) is 33.6 Å². The van der Waals surface area contributed by atoms with E-state index in [0.717, 1.165) is 10.9 Å². The lowest BCUT2D eigenvalue weighted by Gasteiger charge is -2.31. The van der Waals surface area contributed by atoms with Crippen LogP contribution in [-0.2, 0) is 0 Å². The molecule has 27 heavy (non-hydrogen) atoms. The van der Waals surface area contributed by atoms with Crippen molar-refractivity contribution in [2.24, 2.45) is 5.92 Å². The van der Waals surface area contributed by atoms with Crippen LogP contribution in [0.5, 0.6) is 0 Å². The number of amides is 1. The lowest BCUT2D eigenvalue weighted by molar-refractivity contribution is 0.0650. The fourth-order valence-corrected chi connectivity index (χ4v) is 3.57. The second kappa shape index (κ2) is 7.27. The minimum Gasteiger partial charge on any atom is -0.339 e. The number of nitrogens with zero attached hydrogens (tertiary/aromatic N) is 2. The number of pyridine rings is 1. The van der Waals surface area contributed by atoms with Crippen molar-refractivity contribution in [3.63, 3.8) is 0 Å². The average molecular weight is 362 g/mol. The molecule has 0 radical (unpaired) electrons. The summed E-state index contributed by atoms with van der Waals surface area (Å²) in [6.07, 6.45) is 2.84. The first kappa shape index (κ1) is 17.3. The topological polar surface area (TPSA) is 50.3 Å². The van der Waals surface area contributed by atoms with Crippen LogP contribution in [0, 0.1) is 11.7 Å². The fraction of sp³-hybridized carbons (Fsp3) is 0.227. The Hall–Kier alpha value is -3.08. The van der Waals surface area contributed by atoms with E-state index in [2.05, 4.69) is 4.98 Å². The molecule has 0 aliphatic carbocycles. The van der Waals surface area contributed by atoms with Gasteiger partial charge in [0, 0.05) is 36.2 Å². The highest BCUT2D eigenvalue weighted by atomic mass is 19.1. The Morgan fingerprint density at radius 3 is 2.41 bits per heavy atom. The largest absolute Gasteiger partial charge is 0.339 e. The summed E-state index contributed by atoms with van der Waals surface area (Å²) < 4.78 is 13.0. The number of carbonyl (C=O) groups is 2. The molecule has 0 spiro atoms. The van der Waals surface area contributed by atoms with Gasteiger partial charge in [-0.25, -0.2) is 4.39 Å². The molecular weight excluding hydrogens is 343 g/mol. The van der Waals surface area contributed by atoms with Crippen LogP contribution in [0.4, 0.5) is 4.39 Å². The third-order valence-electron chi connectivity index (χ3n) is 5.12. The summed E-state index contributed by atoms with van der Waals surface area (Å²) in [4.78, 5) is 31.5. The minimum absolute atomic E-state index is 0.0227. The van der Waals surface area contributed by atoms with E-state index < -0.39 is 0 Å². The van der Waals surface area contributed by atoms with Crippen molar-refractivity contribution in [2.75, 3.05) is 13.1 Å². The zero-order chi connectivity index (χ0) is 18.8. The third kappa shape index (κ3) is 3.58. The second-order valence-corrected chi connectivity index (χ2v) is 6.85. The molecule has 0 atom stereocenters. The van der Waals surface area contributed by atoms with Crippen molar-refractivity contribution in [1.29, 1.82) is 0 Å². The molecule has 3 aromatic rings. The lowest BCUT2D eigenvalue weighted by Crippen LogP contribution is -2.40. The smallest absolute Gasteiger partial charge is 0.255 e. The van der Waals surface area contributed by atoms with Gasteiger partial charge in [0.25, 0.3) is 5.91 Å². The Balaban J connectivity index is 1.42. The van der Waals surface area contributed by atoms with Gasteiger partial charge in [0.1, 0.15) is 5.82 Å². The van der Waals surface area contributed by atoms with E-state index in [1.165, 1.54) is 24.3 Å². The van der Waals surface area contributed by atoms with Gasteiger partial charge in [0.05, 0.1) is 11.1 Å². The van der Waals surface area contributed by atoms with Gasteiger partial charge in [0.15, 0.2) is 5.78 Å². The highest BCUT2D eigenvalue weighted by Crippen LogP contribution is 2.24. The first-order valence-corrected chi connectivity index (χ1v) is 9.06. The molecule has 0 bridgehead atoms. The molecule has 1 amide bonds. The van der Waals surface area contributed by atoms with Crippen molar-refractivity contribution < 1.29 is 14.0 Å². The summed E-state index contributed by atoms with van der Waals surface area (Å²) in [5, 5.41) is 0.935. The number of halogens is 1. The maximum atomic E-state index is 13.0. The summed E-state index contributed by atoms with van der Waals surface area (Å²) in [6.45, 7) is 1.06. The van der Waals surface area contributed by atoms with E-state index in [9.17, 15) is 14.0 Å². The normalized spacial score (nSPS) is 15.1. The zero-order valence-electron chi connectivity index (χ0n) is 14.8. The first-order valence-electron chi connectivity index (χ1n) is 9.06. The Labute approximate surface area is 156 Å². The zero-order valence-corrected chi connectivity index (χ0v) is 14.8. The number of rotatable bonds is 3. The van der Waals surface area contributed by atoms with Gasteiger partial charge >= 0.3 is 0 Å². The molecule has 1 aliphatic heterocycles. The van der Waals surface area contributed by atoms with Crippen LogP contribution < -0.4 is 0 Å². The maximum absolute atomic E-state index is 13.0. The standard InChI is InChI=1S/C22H19FN2O2/c23-19-7-5-15(6-8-19)21(26)16-9-11-25(12-10-16)22(27)18-13-17-3-1-2-4-20(17)24-14-18/h1-8,13-14,16H,9-12H2. The minimum atomic E-state index is -0.351. The Morgan fingerprint density at radius 1 is 0.963 bits per heavy atom. The quantitative estimate of drug-likeness (QED) is 0.659. The lowest BCUT2D eigenvalue weighted by atomic mass is 9.88. The highest BCUT2D eigenvalue weighted by molar-refractivity contribution is 5.99. The van der Waals surface area contributed by atoms with Crippen LogP contribution in [-0.4, -0.2) is 34.7 Å². The number of likely N-dealkylation sites (tertiary alicyclic amines) is 1. The molecule has 1 saturated heterocycles. The van der Waals surface area contributed by atoms with Crippen LogP contribution in [0.15, 0.2) is 60.8 Å². The molecule has 2 aromatic carbocycles. The van der Waals surface area contributed by atoms with Gasteiger partial charge in [-0.3, -0.25) is 14.6 Å². The predicted molar refractivity (Wildman–Crippen MR) is 101 cm³/mol. The SMILES string of the molecule is O=C(c1ccc(F)cc1)C1CCN(C(=O)c2cnc3ccccc3c2)CC1. The molecule has 2 heterocycles. The van der Waals surface area contributed by atoms with Gasteiger partial charge in [-0.2, -0.15) is 0 Å². The van der Waals surface area contributed by atoms with Gasteiger partial charge in [-0.05, 0) is 49.2 Å². The number of hydrogen-bond acceptors (Lipinski definition) is 3. The van der Waals surface area contributed by atoms with Crippen molar-refractivity contribution >= 4 is 22.6 Å². The maximum Gasteiger partial charge on any atom is 0.255 e. The molecule has 1 aliphatic rings. The Bertz CT molecular complexity index is 993. The average Bonchev–Trinajstić information content (AvgIpc) is 2.73. The second-order valence-electron chi connectivity index (χ2n) is 6.85. The summed E-state index contributed by atoms with van der Waals surface area (Å²) in [7, 11) is 0. The van der Waals surface area contributed by atoms with Crippen molar-refractivity contribution in [1.82, 2.24) is 9.88 Å². The number of ketones is 1. The van der Waals surface area contributed by atoms with Gasteiger partial charge in [-0.15, -0.1) is 0 Å². The molecule has 4 nitrogen and oxygen atoms in total. The number of para-hydroxylation sites is 1. The number of Topliss-reactive ketones (excluding diaryl/α,β-unsaturated/α-hetero) is 1. The molecule has 1 aromatic heterocycles. The summed E-state index contributed by atoms with van der Waals surface area (Å²) in [6, 6.07) is 15.2. The third-order valence-corrected chi connectivity index (χ3v) is 5.12. The van der Waals surface area contributed by atoms with Crippen molar-refractivity contribution in [3.8, 4) is 0 Å². The monoisotopic (exact) mass is 362 g/mol. The van der Waals surface area contributed by atoms with Crippen LogP contribution in [0.25, 0.3) is 10.9 Å². The highest BCUT2D eigenvalue weighted by Gasteiger charge is 2.28. The fourth-order valence-electron chi connectivity index (χ4n) is 3.57. The van der Waals surface area contributed by atoms with E-state index in [0.29, 0.717) is 37.1 Å². The number of benzene rings is 2. The first-order chi connectivity index (χ1) is 13.1. The molecular formula is C22H19FN2O2. The molecule has 5 heteroatoms. The van der Waals surface area contributed by atoms with Crippen LogP contribution in [0.2, 0.25) is 0 Å². The van der Waals surface area contributed by atoms with E-state index in [1.807, 2.05) is 30.3 Å². The van der Waals surface area contributed by atoms with Gasteiger partial charge in [-0.1, -0.05) is 18.2 Å². The van der Waals surface area contributed by atoms with Crippen LogP contribution >= 0.6 is 0 Å². The number of aromatic nitrogens is 1. The number of piperidine rings is 1. The molecule has 0 N–H and O–H groups in total. The molecule has 4 rings (SSSR count). The van der Waals surface area contributed by atoms with Crippen molar-refractivity contribution in [2.45, 2.75) is 12.8 Å². The summed E-state index contributed by atoms with van der Waals surface area (Å²) in [5.74, 6) is -0.513. The Morgan fingerprint density at radius 2 is 1.67 bits per heavy atom. The molecule has 0 unspecified atom stereocenters. The molecule has 1 fully saturated rings. The Kier molecular flexibility index (Phi) is 4.67. The van der Waals surface area contributed by atoms with Crippen LogP contribution in [0.3, 0.4) is 0 Å². The number of hydrogen-bond donors (Lipinski definition) is 0. The van der Waals surface area contributed by atoms with E-state index in [1.54, 1.807) is 11.1 Å². The summed E-state index contributed by atoms with van der Waals surface area (Å²) in [5.41, 5.74) is 1.95. The number of carbonyl (C=O) groups excluding carboxylic acids is 2. The van der Waals surface area contributed by atoms with E-state index in [-0.39, 0.29) is 23.4 Å². The van der Waals surface area contributed by atoms with Gasteiger partial charge in [0.2, 0.25) is 0 Å². The predicted octanol–water partition coefficient (Wildman–Crippen LogP) is 4.11. The molecule has 136 valence electrons. The summed E-state index contributed by atoms with van der Waals surface area (Å²) >= 11 is 0. The number of fused-ring (bicyclic) bond motifs is 1. The van der Waals surface area contributed by atoms with Gasteiger partial charge < -0.3 is 4.90 Å².